The first-order valence-corrected chi connectivity index (χ1v) is 4.48. The largest absolute Gasteiger partial charge is 0.469 e. The number of hydrogen-bond donors (Lipinski definition) is 1. The Hall–Kier alpha value is -0.570. The molecule has 1 heterocycles. The summed E-state index contributed by atoms with van der Waals surface area (Å²) in [4.78, 5) is 11.3. The molecule has 3 unspecified atom stereocenters. The highest BCUT2D eigenvalue weighted by Crippen LogP contribution is 2.23. The first kappa shape index (κ1) is 9.52. The van der Waals surface area contributed by atoms with Crippen molar-refractivity contribution in [1.82, 2.24) is 5.32 Å². The highest BCUT2D eigenvalue weighted by atomic mass is 16.5. The van der Waals surface area contributed by atoms with Gasteiger partial charge in [0.1, 0.15) is 0 Å². The molecule has 3 atom stereocenters. The number of piperidine rings is 1. The van der Waals surface area contributed by atoms with Crippen LogP contribution in [0.2, 0.25) is 0 Å². The van der Waals surface area contributed by atoms with Crippen molar-refractivity contribution in [2.75, 3.05) is 13.7 Å². The van der Waals surface area contributed by atoms with E-state index in [9.17, 15) is 4.79 Å². The third kappa shape index (κ3) is 1.78. The lowest BCUT2D eigenvalue weighted by Gasteiger charge is -2.33. The second kappa shape index (κ2) is 3.90. The van der Waals surface area contributed by atoms with Crippen molar-refractivity contribution >= 4 is 5.97 Å². The molecule has 1 aliphatic heterocycles. The molecule has 0 aromatic carbocycles. The minimum absolute atomic E-state index is 0.0594. The Morgan fingerprint density at radius 1 is 1.50 bits per heavy atom. The average Bonchev–Trinajstić information content (AvgIpc) is 2.08. The van der Waals surface area contributed by atoms with Crippen molar-refractivity contribution in [2.45, 2.75) is 26.3 Å². The van der Waals surface area contributed by atoms with Crippen LogP contribution in [0.15, 0.2) is 0 Å². The maximum Gasteiger partial charge on any atom is 0.309 e. The molecule has 1 aliphatic rings. The Balaban J connectivity index is 2.57. The zero-order valence-corrected chi connectivity index (χ0v) is 7.96. The van der Waals surface area contributed by atoms with Crippen LogP contribution in [0.4, 0.5) is 0 Å². The zero-order chi connectivity index (χ0) is 9.14. The van der Waals surface area contributed by atoms with Crippen LogP contribution in [0, 0.1) is 11.8 Å². The molecule has 3 nitrogen and oxygen atoms in total. The number of carbonyl (C=O) groups is 1. The molecule has 0 aromatic rings. The second-order valence-corrected chi connectivity index (χ2v) is 3.52. The van der Waals surface area contributed by atoms with E-state index >= 15 is 0 Å². The molecular weight excluding hydrogens is 154 g/mol. The molecule has 0 bridgehead atoms. The predicted octanol–water partition coefficient (Wildman–Crippen LogP) is 0.793. The Morgan fingerprint density at radius 3 is 2.75 bits per heavy atom. The monoisotopic (exact) mass is 171 g/mol. The molecule has 1 saturated heterocycles. The molecular formula is C9H17NO2. The fourth-order valence-electron chi connectivity index (χ4n) is 1.75. The lowest BCUT2D eigenvalue weighted by Crippen LogP contribution is -2.45. The van der Waals surface area contributed by atoms with Crippen molar-refractivity contribution in [3.8, 4) is 0 Å². The smallest absolute Gasteiger partial charge is 0.309 e. The van der Waals surface area contributed by atoms with E-state index < -0.39 is 0 Å². The summed E-state index contributed by atoms with van der Waals surface area (Å²) >= 11 is 0. The maximum absolute atomic E-state index is 11.3. The van der Waals surface area contributed by atoms with Gasteiger partial charge in [-0.15, -0.1) is 0 Å². The second-order valence-electron chi connectivity index (χ2n) is 3.52. The molecule has 0 radical (unpaired) electrons. The summed E-state index contributed by atoms with van der Waals surface area (Å²) in [6.45, 7) is 5.13. The topological polar surface area (TPSA) is 38.3 Å². The Morgan fingerprint density at radius 2 is 2.17 bits per heavy atom. The van der Waals surface area contributed by atoms with Gasteiger partial charge in [-0.05, 0) is 25.8 Å². The van der Waals surface area contributed by atoms with Crippen LogP contribution in [0.25, 0.3) is 0 Å². The molecule has 70 valence electrons. The van der Waals surface area contributed by atoms with Crippen molar-refractivity contribution < 1.29 is 9.53 Å². The first-order chi connectivity index (χ1) is 5.66. The summed E-state index contributed by atoms with van der Waals surface area (Å²) in [6, 6.07) is 0.419. The molecule has 12 heavy (non-hydrogen) atoms. The van der Waals surface area contributed by atoms with E-state index in [0.29, 0.717) is 12.0 Å². The molecule has 0 aliphatic carbocycles. The summed E-state index contributed by atoms with van der Waals surface area (Å²) in [5.74, 6) is 0.410. The lowest BCUT2D eigenvalue weighted by molar-refractivity contribution is -0.148. The Kier molecular flexibility index (Phi) is 3.09. The minimum Gasteiger partial charge on any atom is -0.469 e. The zero-order valence-electron chi connectivity index (χ0n) is 7.96. The average molecular weight is 171 g/mol. The van der Waals surface area contributed by atoms with Gasteiger partial charge < -0.3 is 10.1 Å². The number of rotatable bonds is 1. The maximum atomic E-state index is 11.3. The molecule has 3 heteroatoms. The van der Waals surface area contributed by atoms with Crippen LogP contribution in [-0.2, 0) is 9.53 Å². The van der Waals surface area contributed by atoms with Crippen LogP contribution in [0.3, 0.4) is 0 Å². The number of hydrogen-bond acceptors (Lipinski definition) is 3. The molecule has 0 aromatic heterocycles. The third-order valence-electron chi connectivity index (χ3n) is 2.85. The van der Waals surface area contributed by atoms with E-state index in [1.165, 1.54) is 7.11 Å². The predicted molar refractivity (Wildman–Crippen MR) is 46.8 cm³/mol. The van der Waals surface area contributed by atoms with Crippen LogP contribution in [0.1, 0.15) is 20.3 Å². The van der Waals surface area contributed by atoms with Gasteiger partial charge in [-0.25, -0.2) is 0 Å². The van der Waals surface area contributed by atoms with Gasteiger partial charge in [0.15, 0.2) is 0 Å². The van der Waals surface area contributed by atoms with Gasteiger partial charge in [-0.1, -0.05) is 6.92 Å². The summed E-state index contributed by atoms with van der Waals surface area (Å²) in [5.41, 5.74) is 0. The van der Waals surface area contributed by atoms with Crippen molar-refractivity contribution in [1.29, 1.82) is 0 Å². The van der Waals surface area contributed by atoms with Crippen LogP contribution >= 0.6 is 0 Å². The summed E-state index contributed by atoms with van der Waals surface area (Å²) in [5, 5.41) is 3.33. The number of methoxy groups -OCH3 is 1. The van der Waals surface area contributed by atoms with Gasteiger partial charge in [0, 0.05) is 6.04 Å². The molecule has 1 fully saturated rings. The number of nitrogens with one attached hydrogen (secondary N) is 1. The van der Waals surface area contributed by atoms with Gasteiger partial charge >= 0.3 is 5.97 Å². The van der Waals surface area contributed by atoms with E-state index in [1.807, 2.05) is 0 Å². The van der Waals surface area contributed by atoms with Crippen LogP contribution < -0.4 is 5.32 Å². The fraction of sp³-hybridized carbons (Fsp3) is 0.889. The molecule has 0 saturated carbocycles. The SMILES string of the molecule is COC(=O)C1CCNC(C)C1C. The minimum atomic E-state index is -0.0594. The van der Waals surface area contributed by atoms with Gasteiger partial charge in [0.2, 0.25) is 0 Å². The summed E-state index contributed by atoms with van der Waals surface area (Å²) in [7, 11) is 1.46. The Bertz CT molecular complexity index is 170. The molecule has 1 N–H and O–H groups in total. The highest BCUT2D eigenvalue weighted by Gasteiger charge is 2.32. The van der Waals surface area contributed by atoms with Gasteiger partial charge in [-0.3, -0.25) is 4.79 Å². The van der Waals surface area contributed by atoms with E-state index in [4.69, 9.17) is 4.74 Å². The quantitative estimate of drug-likeness (QED) is 0.593. The van der Waals surface area contributed by atoms with E-state index in [1.54, 1.807) is 0 Å². The van der Waals surface area contributed by atoms with Crippen LogP contribution in [0.5, 0.6) is 0 Å². The van der Waals surface area contributed by atoms with Gasteiger partial charge in [0.25, 0.3) is 0 Å². The van der Waals surface area contributed by atoms with E-state index in [0.717, 1.165) is 13.0 Å². The third-order valence-corrected chi connectivity index (χ3v) is 2.85. The number of ether oxygens (including phenoxy) is 1. The van der Waals surface area contributed by atoms with Crippen molar-refractivity contribution in [2.24, 2.45) is 11.8 Å². The molecule has 1 rings (SSSR count). The number of esters is 1. The lowest BCUT2D eigenvalue weighted by atomic mass is 9.83. The van der Waals surface area contributed by atoms with E-state index in [2.05, 4.69) is 19.2 Å². The standard InChI is InChI=1S/C9H17NO2/c1-6-7(2)10-5-4-8(6)9(11)12-3/h6-8,10H,4-5H2,1-3H3. The normalized spacial score (nSPS) is 36.1. The summed E-state index contributed by atoms with van der Waals surface area (Å²) in [6.07, 6.45) is 0.901. The van der Waals surface area contributed by atoms with Crippen molar-refractivity contribution in [3.05, 3.63) is 0 Å². The number of carbonyl (C=O) groups excluding carboxylic acids is 1. The highest BCUT2D eigenvalue weighted by molar-refractivity contribution is 5.72. The summed E-state index contributed by atoms with van der Waals surface area (Å²) < 4.78 is 4.74. The fourth-order valence-corrected chi connectivity index (χ4v) is 1.75. The molecule has 0 amide bonds. The van der Waals surface area contributed by atoms with Crippen LogP contribution in [-0.4, -0.2) is 25.7 Å². The Labute approximate surface area is 73.5 Å². The van der Waals surface area contributed by atoms with Gasteiger partial charge in [0.05, 0.1) is 13.0 Å². The van der Waals surface area contributed by atoms with E-state index in [-0.39, 0.29) is 11.9 Å². The van der Waals surface area contributed by atoms with Gasteiger partial charge in [-0.2, -0.15) is 0 Å². The van der Waals surface area contributed by atoms with Crippen molar-refractivity contribution in [3.63, 3.8) is 0 Å². The first-order valence-electron chi connectivity index (χ1n) is 4.48. The molecule has 0 spiro atoms.